The third-order valence-electron chi connectivity index (χ3n) is 5.23. The van der Waals surface area contributed by atoms with Crippen molar-refractivity contribution in [1.82, 2.24) is 20.4 Å². The van der Waals surface area contributed by atoms with Crippen LogP contribution in [-0.4, -0.2) is 34.2 Å². The lowest BCUT2D eigenvalue weighted by Gasteiger charge is -2.23. The third-order valence-corrected chi connectivity index (χ3v) is 5.23. The number of carbonyl (C=O) groups is 2. The van der Waals surface area contributed by atoms with Crippen molar-refractivity contribution in [2.24, 2.45) is 5.92 Å². The largest absolute Gasteiger partial charge is 0.453 e. The van der Waals surface area contributed by atoms with E-state index in [0.717, 1.165) is 18.6 Å². The van der Waals surface area contributed by atoms with Gasteiger partial charge in [-0.1, -0.05) is 13.8 Å². The molecule has 32 heavy (non-hydrogen) atoms. The number of aromatic nitrogens is 2. The van der Waals surface area contributed by atoms with Crippen LogP contribution in [0.5, 0.6) is 11.5 Å². The lowest BCUT2D eigenvalue weighted by atomic mass is 10.1. The van der Waals surface area contributed by atoms with Gasteiger partial charge in [0.15, 0.2) is 11.6 Å². The summed E-state index contributed by atoms with van der Waals surface area (Å²) in [5.74, 6) is -2.21. The first-order valence-electron chi connectivity index (χ1n) is 10.5. The molecule has 2 aromatic carbocycles. The summed E-state index contributed by atoms with van der Waals surface area (Å²) in [7, 11) is 0. The fourth-order valence-corrected chi connectivity index (χ4v) is 3.68. The Kier molecular flexibility index (Phi) is 6.07. The van der Waals surface area contributed by atoms with Gasteiger partial charge < -0.3 is 15.4 Å². The Bertz CT molecular complexity index is 1180. The Morgan fingerprint density at radius 3 is 2.81 bits per heavy atom. The summed E-state index contributed by atoms with van der Waals surface area (Å²) in [6.07, 6.45) is 2.91. The highest BCUT2D eigenvalue weighted by Gasteiger charge is 2.26. The maximum absolute atomic E-state index is 14.2. The minimum absolute atomic E-state index is 0.0841. The molecule has 1 saturated heterocycles. The van der Waals surface area contributed by atoms with E-state index in [4.69, 9.17) is 4.74 Å². The summed E-state index contributed by atoms with van der Waals surface area (Å²) < 4.78 is 35.0. The topological polar surface area (TPSA) is 85.2 Å². The van der Waals surface area contributed by atoms with Crippen LogP contribution >= 0.6 is 0 Å². The van der Waals surface area contributed by atoms with Gasteiger partial charge in [-0.25, -0.2) is 8.78 Å². The SMILES string of the molecule is CC(C)Cn1ncc2cc(Oc3ccc(F)cc3F)c(C(=O)NC3CCCNC3=O)cc21. The van der Waals surface area contributed by atoms with E-state index in [0.29, 0.717) is 42.4 Å². The first kappa shape index (κ1) is 21.7. The Morgan fingerprint density at radius 1 is 1.28 bits per heavy atom. The van der Waals surface area contributed by atoms with Crippen LogP contribution in [0.4, 0.5) is 8.78 Å². The fourth-order valence-electron chi connectivity index (χ4n) is 3.68. The summed E-state index contributed by atoms with van der Waals surface area (Å²) in [4.78, 5) is 25.3. The van der Waals surface area contributed by atoms with E-state index >= 15 is 0 Å². The van der Waals surface area contributed by atoms with E-state index in [2.05, 4.69) is 29.6 Å². The molecule has 0 saturated carbocycles. The summed E-state index contributed by atoms with van der Waals surface area (Å²) >= 11 is 0. The van der Waals surface area contributed by atoms with E-state index in [9.17, 15) is 18.4 Å². The molecule has 0 bridgehead atoms. The molecular weight excluding hydrogens is 418 g/mol. The molecule has 4 rings (SSSR count). The predicted molar refractivity (Wildman–Crippen MR) is 115 cm³/mol. The smallest absolute Gasteiger partial charge is 0.255 e. The van der Waals surface area contributed by atoms with Gasteiger partial charge in [0.1, 0.15) is 17.6 Å². The van der Waals surface area contributed by atoms with Crippen molar-refractivity contribution in [2.75, 3.05) is 6.54 Å². The molecule has 1 unspecified atom stereocenters. The van der Waals surface area contributed by atoms with E-state index in [1.54, 1.807) is 23.0 Å². The summed E-state index contributed by atoms with van der Waals surface area (Å²) in [5.41, 5.74) is 0.842. The second-order valence-corrected chi connectivity index (χ2v) is 8.26. The molecule has 3 aromatic rings. The molecule has 2 heterocycles. The van der Waals surface area contributed by atoms with Crippen molar-refractivity contribution < 1.29 is 23.1 Å². The minimum Gasteiger partial charge on any atom is -0.453 e. The van der Waals surface area contributed by atoms with Crippen LogP contribution in [0.1, 0.15) is 37.0 Å². The van der Waals surface area contributed by atoms with E-state index in [1.165, 1.54) is 0 Å². The Morgan fingerprint density at radius 2 is 2.09 bits per heavy atom. The van der Waals surface area contributed by atoms with E-state index in [1.807, 2.05) is 0 Å². The van der Waals surface area contributed by atoms with Crippen LogP contribution in [-0.2, 0) is 11.3 Å². The molecular formula is C23H24F2N4O3. The highest BCUT2D eigenvalue weighted by atomic mass is 19.1. The summed E-state index contributed by atoms with van der Waals surface area (Å²) in [6.45, 7) is 5.32. The van der Waals surface area contributed by atoms with Crippen LogP contribution in [0, 0.1) is 17.6 Å². The molecule has 2 amide bonds. The highest BCUT2D eigenvalue weighted by molar-refractivity contribution is 6.03. The van der Waals surface area contributed by atoms with Crippen molar-refractivity contribution in [2.45, 2.75) is 39.3 Å². The molecule has 0 aliphatic carbocycles. The van der Waals surface area contributed by atoms with E-state index < -0.39 is 23.6 Å². The average Bonchev–Trinajstić information content (AvgIpc) is 3.12. The number of nitrogens with zero attached hydrogens (tertiary/aromatic N) is 2. The van der Waals surface area contributed by atoms with Gasteiger partial charge in [0, 0.05) is 24.5 Å². The fraction of sp³-hybridized carbons (Fsp3) is 0.348. The zero-order chi connectivity index (χ0) is 22.8. The molecule has 1 atom stereocenters. The summed E-state index contributed by atoms with van der Waals surface area (Å²) in [6, 6.07) is 5.50. The number of carbonyl (C=O) groups excluding carboxylic acids is 2. The molecule has 1 aliphatic heterocycles. The van der Waals surface area contributed by atoms with Crippen LogP contribution < -0.4 is 15.4 Å². The molecule has 0 radical (unpaired) electrons. The Hall–Kier alpha value is -3.49. The Balaban J connectivity index is 1.74. The molecule has 9 heteroatoms. The maximum atomic E-state index is 14.2. The maximum Gasteiger partial charge on any atom is 0.255 e. The van der Waals surface area contributed by atoms with Gasteiger partial charge in [0.25, 0.3) is 5.91 Å². The first-order valence-corrected chi connectivity index (χ1v) is 10.5. The predicted octanol–water partition coefficient (Wildman–Crippen LogP) is 3.77. The molecule has 1 aliphatic rings. The first-order chi connectivity index (χ1) is 15.3. The number of hydrogen-bond donors (Lipinski definition) is 2. The minimum atomic E-state index is -0.890. The number of piperidine rings is 1. The standard InChI is InChI=1S/C23H24F2N4O3/c1-13(2)12-29-19-10-16(22(30)28-18-4-3-7-26-23(18)31)21(8-14(19)11-27-29)32-20-6-5-15(24)9-17(20)25/h5-6,8-11,13,18H,3-4,7,12H2,1-2H3,(H,26,31)(H,28,30). The number of nitrogens with one attached hydrogen (secondary N) is 2. The number of benzene rings is 2. The van der Waals surface area contributed by atoms with Gasteiger partial charge in [0.05, 0.1) is 17.3 Å². The van der Waals surface area contributed by atoms with Gasteiger partial charge >= 0.3 is 0 Å². The second-order valence-electron chi connectivity index (χ2n) is 8.26. The van der Waals surface area contributed by atoms with Crippen LogP contribution in [0.25, 0.3) is 10.9 Å². The number of hydrogen-bond acceptors (Lipinski definition) is 4. The van der Waals surface area contributed by atoms with Gasteiger partial charge in [-0.15, -0.1) is 0 Å². The van der Waals surface area contributed by atoms with Gasteiger partial charge in [-0.2, -0.15) is 5.10 Å². The molecule has 1 aromatic heterocycles. The molecule has 1 fully saturated rings. The monoisotopic (exact) mass is 442 g/mol. The molecule has 2 N–H and O–H groups in total. The number of rotatable bonds is 6. The number of amides is 2. The quantitative estimate of drug-likeness (QED) is 0.609. The van der Waals surface area contributed by atoms with Gasteiger partial charge in [-0.3, -0.25) is 14.3 Å². The van der Waals surface area contributed by atoms with E-state index in [-0.39, 0.29) is 23.0 Å². The zero-order valence-corrected chi connectivity index (χ0v) is 17.8. The van der Waals surface area contributed by atoms with Crippen molar-refractivity contribution in [3.05, 3.63) is 53.7 Å². The molecule has 168 valence electrons. The van der Waals surface area contributed by atoms with Crippen LogP contribution in [0.15, 0.2) is 36.5 Å². The van der Waals surface area contributed by atoms with Crippen molar-refractivity contribution in [1.29, 1.82) is 0 Å². The van der Waals surface area contributed by atoms with Gasteiger partial charge in [-0.05, 0) is 43.0 Å². The Labute approximate surface area is 183 Å². The van der Waals surface area contributed by atoms with Crippen LogP contribution in [0.3, 0.4) is 0 Å². The zero-order valence-electron chi connectivity index (χ0n) is 17.8. The number of fused-ring (bicyclic) bond motifs is 1. The van der Waals surface area contributed by atoms with Crippen molar-refractivity contribution >= 4 is 22.7 Å². The third kappa shape index (κ3) is 4.56. The molecule has 0 spiro atoms. The molecule has 7 nitrogen and oxygen atoms in total. The lowest BCUT2D eigenvalue weighted by Crippen LogP contribution is -2.50. The highest BCUT2D eigenvalue weighted by Crippen LogP contribution is 2.32. The van der Waals surface area contributed by atoms with Crippen LogP contribution in [0.2, 0.25) is 0 Å². The van der Waals surface area contributed by atoms with Crippen molar-refractivity contribution in [3.63, 3.8) is 0 Å². The van der Waals surface area contributed by atoms with Gasteiger partial charge in [0.2, 0.25) is 5.91 Å². The average molecular weight is 442 g/mol. The normalized spacial score (nSPS) is 16.3. The number of halogens is 2. The lowest BCUT2D eigenvalue weighted by molar-refractivity contribution is -0.124. The summed E-state index contributed by atoms with van der Waals surface area (Å²) in [5, 5.41) is 10.6. The van der Waals surface area contributed by atoms with Crippen molar-refractivity contribution in [3.8, 4) is 11.5 Å². The number of ether oxygens (including phenoxy) is 1. The second kappa shape index (κ2) is 8.94.